The van der Waals surface area contributed by atoms with E-state index in [9.17, 15) is 0 Å². The van der Waals surface area contributed by atoms with Crippen molar-refractivity contribution in [1.82, 2.24) is 5.32 Å². The summed E-state index contributed by atoms with van der Waals surface area (Å²) in [6.45, 7) is 3.15. The molecule has 0 spiro atoms. The van der Waals surface area contributed by atoms with Crippen molar-refractivity contribution in [1.29, 1.82) is 0 Å². The van der Waals surface area contributed by atoms with E-state index in [1.54, 1.807) is 14.2 Å². The Morgan fingerprint density at radius 3 is 2.59 bits per heavy atom. The van der Waals surface area contributed by atoms with E-state index in [1.807, 2.05) is 12.1 Å². The van der Waals surface area contributed by atoms with Crippen LogP contribution in [0.2, 0.25) is 5.02 Å². The van der Waals surface area contributed by atoms with Gasteiger partial charge in [0, 0.05) is 36.2 Å². The van der Waals surface area contributed by atoms with E-state index >= 15 is 0 Å². The van der Waals surface area contributed by atoms with E-state index in [1.165, 1.54) is 5.56 Å². The van der Waals surface area contributed by atoms with Crippen LogP contribution in [-0.4, -0.2) is 34.0 Å². The van der Waals surface area contributed by atoms with Crippen LogP contribution >= 0.6 is 27.5 Å². The molecule has 0 aromatic heterocycles. The van der Waals surface area contributed by atoms with Crippen molar-refractivity contribution >= 4 is 27.5 Å². The normalized spacial score (nSPS) is 16.1. The molecule has 0 atom stereocenters. The molecule has 0 amide bonds. The molecule has 1 heterocycles. The molecule has 3 rings (SSSR count). The lowest BCUT2D eigenvalue weighted by atomic mass is 9.74. The number of rotatable bonds is 7. The summed E-state index contributed by atoms with van der Waals surface area (Å²) in [4.78, 5) is 0. The number of nitrogens with one attached hydrogen (secondary N) is 1. The molecule has 2 aromatic carbocycles. The van der Waals surface area contributed by atoms with Crippen LogP contribution in [-0.2, 0) is 16.7 Å². The summed E-state index contributed by atoms with van der Waals surface area (Å²) in [6.07, 6.45) is 2.01. The average Bonchev–Trinajstić information content (AvgIpc) is 2.68. The molecule has 0 radical (unpaired) electrons. The van der Waals surface area contributed by atoms with Gasteiger partial charge in [0.05, 0.1) is 19.2 Å². The molecule has 0 bridgehead atoms. The van der Waals surface area contributed by atoms with Gasteiger partial charge in [-0.3, -0.25) is 0 Å². The van der Waals surface area contributed by atoms with Gasteiger partial charge in [0.1, 0.15) is 0 Å². The van der Waals surface area contributed by atoms with Gasteiger partial charge in [-0.05, 0) is 48.2 Å². The summed E-state index contributed by atoms with van der Waals surface area (Å²) in [7, 11) is 3.21. The molecule has 146 valence electrons. The van der Waals surface area contributed by atoms with Gasteiger partial charge in [-0.1, -0.05) is 39.7 Å². The molecule has 4 nitrogen and oxygen atoms in total. The zero-order valence-corrected chi connectivity index (χ0v) is 18.0. The Kier molecular flexibility index (Phi) is 7.04. The number of ether oxygens (including phenoxy) is 3. The molecule has 1 fully saturated rings. The Hall–Kier alpha value is -1.27. The molecular weight excluding hydrogens is 430 g/mol. The Morgan fingerprint density at radius 1 is 1.15 bits per heavy atom. The van der Waals surface area contributed by atoms with E-state index in [-0.39, 0.29) is 5.41 Å². The van der Waals surface area contributed by atoms with Crippen molar-refractivity contribution < 1.29 is 14.2 Å². The second-order valence-corrected chi connectivity index (χ2v) is 8.14. The highest BCUT2D eigenvalue weighted by Gasteiger charge is 2.34. The van der Waals surface area contributed by atoms with Crippen LogP contribution in [0, 0.1) is 0 Å². The first kappa shape index (κ1) is 20.5. The molecule has 1 saturated heterocycles. The molecule has 0 aliphatic carbocycles. The summed E-state index contributed by atoms with van der Waals surface area (Å²) in [6, 6.07) is 12.5. The molecule has 2 aromatic rings. The monoisotopic (exact) mass is 453 g/mol. The van der Waals surface area contributed by atoms with Crippen LogP contribution in [0.4, 0.5) is 0 Å². The zero-order valence-electron chi connectivity index (χ0n) is 15.7. The van der Waals surface area contributed by atoms with Gasteiger partial charge in [-0.2, -0.15) is 0 Å². The van der Waals surface area contributed by atoms with E-state index in [0.717, 1.165) is 42.6 Å². The predicted molar refractivity (Wildman–Crippen MR) is 112 cm³/mol. The lowest BCUT2D eigenvalue weighted by molar-refractivity contribution is 0.0497. The summed E-state index contributed by atoms with van der Waals surface area (Å²) < 4.78 is 17.4. The molecule has 1 aliphatic rings. The van der Waals surface area contributed by atoms with Crippen molar-refractivity contribution in [3.05, 3.63) is 57.0 Å². The number of methoxy groups -OCH3 is 2. The third-order valence-corrected chi connectivity index (χ3v) is 5.95. The van der Waals surface area contributed by atoms with Gasteiger partial charge >= 0.3 is 0 Å². The van der Waals surface area contributed by atoms with Crippen molar-refractivity contribution in [2.75, 3.05) is 34.0 Å². The molecule has 6 heteroatoms. The maximum atomic E-state index is 6.33. The third kappa shape index (κ3) is 4.77. The van der Waals surface area contributed by atoms with Crippen LogP contribution < -0.4 is 14.8 Å². The fourth-order valence-electron chi connectivity index (χ4n) is 3.67. The first-order chi connectivity index (χ1) is 13.1. The molecule has 27 heavy (non-hydrogen) atoms. The summed E-state index contributed by atoms with van der Waals surface area (Å²) in [5.74, 6) is 1.22. The fraction of sp³-hybridized carbons (Fsp3) is 0.429. The van der Waals surface area contributed by atoms with Crippen LogP contribution in [0.5, 0.6) is 11.5 Å². The van der Waals surface area contributed by atoms with Crippen molar-refractivity contribution in [3.63, 3.8) is 0 Å². The molecule has 1 aliphatic heterocycles. The van der Waals surface area contributed by atoms with Crippen LogP contribution in [0.25, 0.3) is 0 Å². The Labute approximate surface area is 174 Å². The van der Waals surface area contributed by atoms with Crippen LogP contribution in [0.1, 0.15) is 24.0 Å². The van der Waals surface area contributed by atoms with Crippen molar-refractivity contribution in [2.24, 2.45) is 0 Å². The number of hydrogen-bond acceptors (Lipinski definition) is 4. The van der Waals surface area contributed by atoms with Crippen molar-refractivity contribution in [3.8, 4) is 11.5 Å². The highest BCUT2D eigenvalue weighted by molar-refractivity contribution is 9.10. The van der Waals surface area contributed by atoms with Gasteiger partial charge in [-0.25, -0.2) is 0 Å². The highest BCUT2D eigenvalue weighted by atomic mass is 79.9. The summed E-state index contributed by atoms with van der Waals surface area (Å²) in [5, 5.41) is 4.18. The van der Waals surface area contributed by atoms with Gasteiger partial charge < -0.3 is 19.5 Å². The Morgan fingerprint density at radius 2 is 1.93 bits per heavy atom. The van der Waals surface area contributed by atoms with E-state index in [4.69, 9.17) is 25.8 Å². The van der Waals surface area contributed by atoms with E-state index in [0.29, 0.717) is 23.1 Å². The van der Waals surface area contributed by atoms with Gasteiger partial charge in [0.15, 0.2) is 11.5 Å². The minimum absolute atomic E-state index is 0.0718. The highest BCUT2D eigenvalue weighted by Crippen LogP contribution is 2.37. The largest absolute Gasteiger partial charge is 0.493 e. The minimum Gasteiger partial charge on any atom is -0.493 e. The van der Waals surface area contributed by atoms with Gasteiger partial charge in [0.2, 0.25) is 0 Å². The van der Waals surface area contributed by atoms with Crippen LogP contribution in [0.15, 0.2) is 40.9 Å². The SMILES string of the molecule is COc1cc(CNCC2(c3cccc(Br)c3)CCOCC2)cc(Cl)c1OC. The smallest absolute Gasteiger partial charge is 0.179 e. The Bertz CT molecular complexity index is 778. The summed E-state index contributed by atoms with van der Waals surface area (Å²) in [5.41, 5.74) is 2.48. The molecule has 0 unspecified atom stereocenters. The average molecular weight is 455 g/mol. The lowest BCUT2D eigenvalue weighted by Crippen LogP contribution is -2.42. The summed E-state index contributed by atoms with van der Waals surface area (Å²) >= 11 is 9.93. The Balaban J connectivity index is 1.74. The van der Waals surface area contributed by atoms with E-state index in [2.05, 4.69) is 45.5 Å². The first-order valence-electron chi connectivity index (χ1n) is 9.03. The zero-order chi connectivity index (χ0) is 19.3. The minimum atomic E-state index is 0.0718. The van der Waals surface area contributed by atoms with Crippen molar-refractivity contribution in [2.45, 2.75) is 24.8 Å². The second kappa shape index (κ2) is 9.28. The standard InChI is InChI=1S/C21H25BrClNO3/c1-25-19-11-15(10-18(23)20(19)26-2)13-24-14-21(6-8-27-9-7-21)16-4-3-5-17(22)12-16/h3-5,10-12,24H,6-9,13-14H2,1-2H3. The molecule has 0 saturated carbocycles. The maximum absolute atomic E-state index is 6.33. The second-order valence-electron chi connectivity index (χ2n) is 6.82. The first-order valence-corrected chi connectivity index (χ1v) is 10.2. The van der Waals surface area contributed by atoms with Gasteiger partial charge in [-0.15, -0.1) is 0 Å². The predicted octanol–water partition coefficient (Wildman–Crippen LogP) is 4.96. The van der Waals surface area contributed by atoms with Crippen LogP contribution in [0.3, 0.4) is 0 Å². The fourth-order valence-corrected chi connectivity index (χ4v) is 4.38. The third-order valence-electron chi connectivity index (χ3n) is 5.17. The quantitative estimate of drug-likeness (QED) is 0.642. The number of benzene rings is 2. The van der Waals surface area contributed by atoms with E-state index < -0.39 is 0 Å². The van der Waals surface area contributed by atoms with Gasteiger partial charge in [0.25, 0.3) is 0 Å². The topological polar surface area (TPSA) is 39.7 Å². The molecular formula is C21H25BrClNO3. The number of halogens is 2. The lowest BCUT2D eigenvalue weighted by Gasteiger charge is -2.38. The maximum Gasteiger partial charge on any atom is 0.179 e. The molecule has 1 N–H and O–H groups in total. The number of hydrogen-bond donors (Lipinski definition) is 1.